The number of methoxy groups -OCH3 is 1. The number of hydrogen-bond acceptors (Lipinski definition) is 3. The molecule has 112 valence electrons. The van der Waals surface area contributed by atoms with Gasteiger partial charge in [-0.25, -0.2) is 4.68 Å². The second-order valence-corrected chi connectivity index (χ2v) is 5.69. The molecule has 1 aromatic heterocycles. The zero-order valence-corrected chi connectivity index (χ0v) is 13.0. The van der Waals surface area contributed by atoms with E-state index in [1.165, 1.54) is 24.1 Å². The first-order valence-corrected chi connectivity index (χ1v) is 7.62. The SMILES string of the molecule is COc1ccccc1-n1nc(C)c(C2CCNCC2)c1C. The molecule has 0 aliphatic carbocycles. The van der Waals surface area contributed by atoms with Crippen LogP contribution in [0.1, 0.15) is 35.7 Å². The van der Waals surface area contributed by atoms with Gasteiger partial charge in [-0.05, 0) is 63.4 Å². The highest BCUT2D eigenvalue weighted by molar-refractivity contribution is 5.48. The molecule has 0 saturated carbocycles. The van der Waals surface area contributed by atoms with Crippen LogP contribution in [0.3, 0.4) is 0 Å². The summed E-state index contributed by atoms with van der Waals surface area (Å²) in [4.78, 5) is 0. The van der Waals surface area contributed by atoms with E-state index in [0.717, 1.165) is 30.2 Å². The molecule has 1 aliphatic heterocycles. The summed E-state index contributed by atoms with van der Waals surface area (Å²) < 4.78 is 7.51. The average molecular weight is 285 g/mol. The summed E-state index contributed by atoms with van der Waals surface area (Å²) in [6.07, 6.45) is 2.39. The second kappa shape index (κ2) is 5.90. The fourth-order valence-corrected chi connectivity index (χ4v) is 3.40. The van der Waals surface area contributed by atoms with Gasteiger partial charge in [0, 0.05) is 5.69 Å². The third-order valence-corrected chi connectivity index (χ3v) is 4.41. The Hall–Kier alpha value is -1.81. The van der Waals surface area contributed by atoms with Crippen LogP contribution in [-0.4, -0.2) is 30.0 Å². The van der Waals surface area contributed by atoms with Crippen molar-refractivity contribution in [3.8, 4) is 11.4 Å². The van der Waals surface area contributed by atoms with Crippen molar-refractivity contribution < 1.29 is 4.74 Å². The van der Waals surface area contributed by atoms with Crippen molar-refractivity contribution >= 4 is 0 Å². The van der Waals surface area contributed by atoms with E-state index < -0.39 is 0 Å². The molecule has 21 heavy (non-hydrogen) atoms. The fourth-order valence-electron chi connectivity index (χ4n) is 3.40. The lowest BCUT2D eigenvalue weighted by Crippen LogP contribution is -2.27. The van der Waals surface area contributed by atoms with E-state index in [9.17, 15) is 0 Å². The van der Waals surface area contributed by atoms with Gasteiger partial charge >= 0.3 is 0 Å². The lowest BCUT2D eigenvalue weighted by atomic mass is 9.89. The molecule has 0 radical (unpaired) electrons. The molecule has 0 atom stereocenters. The number of aromatic nitrogens is 2. The van der Waals surface area contributed by atoms with Gasteiger partial charge in [-0.1, -0.05) is 12.1 Å². The van der Waals surface area contributed by atoms with Gasteiger partial charge in [-0.3, -0.25) is 0 Å². The number of para-hydroxylation sites is 2. The van der Waals surface area contributed by atoms with Crippen LogP contribution in [0.2, 0.25) is 0 Å². The summed E-state index contributed by atoms with van der Waals surface area (Å²) in [7, 11) is 1.71. The smallest absolute Gasteiger partial charge is 0.144 e. The van der Waals surface area contributed by atoms with Crippen molar-refractivity contribution in [3.05, 3.63) is 41.2 Å². The van der Waals surface area contributed by atoms with E-state index in [-0.39, 0.29) is 0 Å². The Labute approximate surface area is 126 Å². The summed E-state index contributed by atoms with van der Waals surface area (Å²) in [5, 5.41) is 8.21. The number of piperidine rings is 1. The first kappa shape index (κ1) is 14.1. The normalized spacial score (nSPS) is 16.1. The zero-order chi connectivity index (χ0) is 14.8. The molecule has 1 fully saturated rings. The summed E-state index contributed by atoms with van der Waals surface area (Å²) >= 11 is 0. The van der Waals surface area contributed by atoms with E-state index in [0.29, 0.717) is 5.92 Å². The van der Waals surface area contributed by atoms with Crippen LogP contribution < -0.4 is 10.1 Å². The Morgan fingerprint density at radius 1 is 1.19 bits per heavy atom. The molecule has 0 unspecified atom stereocenters. The van der Waals surface area contributed by atoms with Crippen LogP contribution in [0, 0.1) is 13.8 Å². The van der Waals surface area contributed by atoms with Crippen LogP contribution >= 0.6 is 0 Å². The van der Waals surface area contributed by atoms with Crippen LogP contribution in [0.25, 0.3) is 5.69 Å². The highest BCUT2D eigenvalue weighted by Crippen LogP contribution is 2.33. The molecular formula is C17H23N3O. The molecule has 4 nitrogen and oxygen atoms in total. The number of rotatable bonds is 3. The number of nitrogens with zero attached hydrogens (tertiary/aromatic N) is 2. The van der Waals surface area contributed by atoms with Gasteiger partial charge in [0.2, 0.25) is 0 Å². The first-order valence-electron chi connectivity index (χ1n) is 7.62. The minimum absolute atomic E-state index is 0.620. The van der Waals surface area contributed by atoms with Gasteiger partial charge in [0.25, 0.3) is 0 Å². The summed E-state index contributed by atoms with van der Waals surface area (Å²) in [5.41, 5.74) is 4.82. The van der Waals surface area contributed by atoms with Crippen LogP contribution in [-0.2, 0) is 0 Å². The maximum atomic E-state index is 5.48. The number of aryl methyl sites for hydroxylation is 1. The zero-order valence-electron chi connectivity index (χ0n) is 13.0. The number of ether oxygens (including phenoxy) is 1. The highest BCUT2D eigenvalue weighted by Gasteiger charge is 2.23. The quantitative estimate of drug-likeness (QED) is 0.942. The van der Waals surface area contributed by atoms with Gasteiger partial charge in [0.1, 0.15) is 11.4 Å². The first-order chi connectivity index (χ1) is 10.2. The van der Waals surface area contributed by atoms with Crippen LogP contribution in [0.5, 0.6) is 5.75 Å². The summed E-state index contributed by atoms with van der Waals surface area (Å²) in [5.74, 6) is 1.48. The van der Waals surface area contributed by atoms with Gasteiger partial charge in [0.15, 0.2) is 0 Å². The van der Waals surface area contributed by atoms with E-state index >= 15 is 0 Å². The van der Waals surface area contributed by atoms with Crippen molar-refractivity contribution in [1.82, 2.24) is 15.1 Å². The summed E-state index contributed by atoms with van der Waals surface area (Å²) in [6, 6.07) is 8.06. The van der Waals surface area contributed by atoms with Gasteiger partial charge in [-0.15, -0.1) is 0 Å². The lowest BCUT2D eigenvalue weighted by molar-refractivity contribution is 0.411. The molecule has 1 aliphatic rings. The van der Waals surface area contributed by atoms with Crippen molar-refractivity contribution in [2.45, 2.75) is 32.6 Å². The molecule has 4 heteroatoms. The second-order valence-electron chi connectivity index (χ2n) is 5.69. The Morgan fingerprint density at radius 3 is 2.62 bits per heavy atom. The van der Waals surface area contributed by atoms with E-state index in [4.69, 9.17) is 9.84 Å². The van der Waals surface area contributed by atoms with Crippen molar-refractivity contribution in [2.24, 2.45) is 0 Å². The molecule has 0 spiro atoms. The van der Waals surface area contributed by atoms with E-state index in [2.05, 4.69) is 25.2 Å². The van der Waals surface area contributed by atoms with E-state index in [1.54, 1.807) is 7.11 Å². The van der Waals surface area contributed by atoms with E-state index in [1.807, 2.05) is 22.9 Å². The Balaban J connectivity index is 2.05. The largest absolute Gasteiger partial charge is 0.494 e. The van der Waals surface area contributed by atoms with Crippen LogP contribution in [0.15, 0.2) is 24.3 Å². The number of hydrogen-bond donors (Lipinski definition) is 1. The lowest BCUT2D eigenvalue weighted by Gasteiger charge is -2.23. The Bertz CT molecular complexity index is 627. The molecular weight excluding hydrogens is 262 g/mol. The predicted octanol–water partition coefficient (Wildman–Crippen LogP) is 2.96. The standard InChI is InChI=1S/C17H23N3O/c1-12-17(14-8-10-18-11-9-14)13(2)20(19-12)15-6-4-5-7-16(15)21-3/h4-7,14,18H,8-11H2,1-3H3. The maximum absolute atomic E-state index is 5.48. The van der Waals surface area contributed by atoms with Gasteiger partial charge in [-0.2, -0.15) is 5.10 Å². The maximum Gasteiger partial charge on any atom is 0.144 e. The molecule has 1 saturated heterocycles. The average Bonchev–Trinajstić information content (AvgIpc) is 2.83. The molecule has 1 N–H and O–H groups in total. The van der Waals surface area contributed by atoms with Gasteiger partial charge in [0.05, 0.1) is 12.8 Å². The van der Waals surface area contributed by atoms with Gasteiger partial charge < -0.3 is 10.1 Å². The monoisotopic (exact) mass is 285 g/mol. The van der Waals surface area contributed by atoms with Crippen LogP contribution in [0.4, 0.5) is 0 Å². The predicted molar refractivity (Wildman–Crippen MR) is 84.4 cm³/mol. The topological polar surface area (TPSA) is 39.1 Å². The minimum atomic E-state index is 0.620. The third kappa shape index (κ3) is 2.56. The minimum Gasteiger partial charge on any atom is -0.494 e. The molecule has 1 aromatic carbocycles. The Morgan fingerprint density at radius 2 is 1.90 bits per heavy atom. The molecule has 0 amide bonds. The van der Waals surface area contributed by atoms with Crippen molar-refractivity contribution in [2.75, 3.05) is 20.2 Å². The highest BCUT2D eigenvalue weighted by atomic mass is 16.5. The molecule has 0 bridgehead atoms. The molecule has 2 heterocycles. The van der Waals surface area contributed by atoms with Crippen molar-refractivity contribution in [3.63, 3.8) is 0 Å². The number of nitrogens with one attached hydrogen (secondary N) is 1. The molecule has 2 aromatic rings. The van der Waals surface area contributed by atoms with Crippen molar-refractivity contribution in [1.29, 1.82) is 0 Å². The third-order valence-electron chi connectivity index (χ3n) is 4.41. The number of benzene rings is 1. The Kier molecular flexibility index (Phi) is 3.97. The summed E-state index contributed by atoms with van der Waals surface area (Å²) in [6.45, 7) is 6.49. The molecule has 3 rings (SSSR count). The fraction of sp³-hybridized carbons (Fsp3) is 0.471.